The van der Waals surface area contributed by atoms with Gasteiger partial charge in [0.2, 0.25) is 0 Å². The van der Waals surface area contributed by atoms with Crippen LogP contribution in [0.15, 0.2) is 0 Å². The lowest BCUT2D eigenvalue weighted by Gasteiger charge is -2.11. The maximum absolute atomic E-state index is 5.69. The van der Waals surface area contributed by atoms with E-state index in [1.165, 1.54) is 12.8 Å². The van der Waals surface area contributed by atoms with Crippen molar-refractivity contribution in [1.82, 2.24) is 0 Å². The van der Waals surface area contributed by atoms with Crippen LogP contribution in [0, 0.1) is 0 Å². The van der Waals surface area contributed by atoms with Gasteiger partial charge >= 0.3 is 0 Å². The van der Waals surface area contributed by atoms with Crippen LogP contribution in [-0.2, 0) is 4.74 Å². The molecule has 2 nitrogen and oxygen atoms in total. The Morgan fingerprint density at radius 3 is 2.33 bits per heavy atom. The molecule has 0 aromatic carbocycles. The molecule has 0 radical (unpaired) electrons. The first-order valence-electron chi connectivity index (χ1n) is 3.27. The molecular formula is C6H12ClNO. The molecule has 2 aliphatic rings. The van der Waals surface area contributed by atoms with Gasteiger partial charge in [-0.2, -0.15) is 0 Å². The molecule has 2 heterocycles. The zero-order valence-electron chi connectivity index (χ0n) is 5.25. The summed E-state index contributed by atoms with van der Waals surface area (Å²) in [5.74, 6) is 0. The Kier molecular flexibility index (Phi) is 1.99. The number of ether oxygens (including phenoxy) is 1. The van der Waals surface area contributed by atoms with Crippen LogP contribution in [0.3, 0.4) is 0 Å². The summed E-state index contributed by atoms with van der Waals surface area (Å²) in [5.41, 5.74) is 5.69. The highest BCUT2D eigenvalue weighted by Gasteiger charge is 2.38. The summed E-state index contributed by atoms with van der Waals surface area (Å²) >= 11 is 0. The van der Waals surface area contributed by atoms with Crippen LogP contribution >= 0.6 is 12.4 Å². The molecule has 0 saturated carbocycles. The van der Waals surface area contributed by atoms with Gasteiger partial charge in [0.25, 0.3) is 0 Å². The average Bonchev–Trinajstić information content (AvgIpc) is 2.23. The number of fused-ring (bicyclic) bond motifs is 2. The van der Waals surface area contributed by atoms with E-state index < -0.39 is 0 Å². The topological polar surface area (TPSA) is 35.2 Å². The van der Waals surface area contributed by atoms with Crippen molar-refractivity contribution in [3.63, 3.8) is 0 Å². The Balaban J connectivity index is 0.000000405. The molecule has 3 atom stereocenters. The number of rotatable bonds is 0. The van der Waals surface area contributed by atoms with Crippen molar-refractivity contribution >= 4 is 12.4 Å². The molecule has 0 spiro atoms. The minimum absolute atomic E-state index is 0. The van der Waals surface area contributed by atoms with Crippen LogP contribution in [0.4, 0.5) is 0 Å². The largest absolute Gasteiger partial charge is 0.373 e. The van der Waals surface area contributed by atoms with Crippen LogP contribution in [0.5, 0.6) is 0 Å². The number of hydrogen-bond donors (Lipinski definition) is 1. The Morgan fingerprint density at radius 2 is 2.11 bits per heavy atom. The predicted molar refractivity (Wildman–Crippen MR) is 37.7 cm³/mol. The Morgan fingerprint density at radius 1 is 1.33 bits per heavy atom. The predicted octanol–water partition coefficient (Wildman–Crippen LogP) is 0.687. The molecule has 0 amide bonds. The molecule has 0 aromatic heterocycles. The van der Waals surface area contributed by atoms with Crippen LogP contribution in [-0.4, -0.2) is 18.2 Å². The van der Waals surface area contributed by atoms with Gasteiger partial charge in [-0.1, -0.05) is 0 Å². The SMILES string of the molecule is Cl.N[C@H]1C[C@@H]2CC[C@H]1O2. The Bertz CT molecular complexity index is 107. The van der Waals surface area contributed by atoms with Crippen molar-refractivity contribution in [3.8, 4) is 0 Å². The quantitative estimate of drug-likeness (QED) is 0.550. The molecule has 2 N–H and O–H groups in total. The molecule has 2 bridgehead atoms. The fraction of sp³-hybridized carbons (Fsp3) is 1.00. The zero-order chi connectivity index (χ0) is 5.56. The van der Waals surface area contributed by atoms with E-state index in [0.29, 0.717) is 18.2 Å². The highest BCUT2D eigenvalue weighted by Crippen LogP contribution is 2.32. The third-order valence-corrected chi connectivity index (χ3v) is 2.15. The monoisotopic (exact) mass is 149 g/mol. The molecular weight excluding hydrogens is 138 g/mol. The van der Waals surface area contributed by atoms with E-state index in [-0.39, 0.29) is 12.4 Å². The normalized spacial score (nSPS) is 47.0. The maximum atomic E-state index is 5.69. The lowest BCUT2D eigenvalue weighted by atomic mass is 9.97. The minimum Gasteiger partial charge on any atom is -0.373 e. The van der Waals surface area contributed by atoms with Crippen molar-refractivity contribution in [2.45, 2.75) is 37.5 Å². The smallest absolute Gasteiger partial charge is 0.0731 e. The summed E-state index contributed by atoms with van der Waals surface area (Å²) in [6, 6.07) is 0.355. The molecule has 0 aromatic rings. The van der Waals surface area contributed by atoms with E-state index in [2.05, 4.69) is 0 Å². The molecule has 2 fully saturated rings. The third kappa shape index (κ3) is 1.07. The average molecular weight is 150 g/mol. The summed E-state index contributed by atoms with van der Waals surface area (Å²) in [7, 11) is 0. The van der Waals surface area contributed by atoms with E-state index in [0.717, 1.165) is 6.42 Å². The summed E-state index contributed by atoms with van der Waals surface area (Å²) in [6.07, 6.45) is 4.49. The van der Waals surface area contributed by atoms with Gasteiger partial charge < -0.3 is 10.5 Å². The van der Waals surface area contributed by atoms with E-state index >= 15 is 0 Å². The first kappa shape index (κ1) is 7.32. The van der Waals surface area contributed by atoms with E-state index in [9.17, 15) is 0 Å². The fourth-order valence-corrected chi connectivity index (χ4v) is 1.68. The van der Waals surface area contributed by atoms with Gasteiger partial charge in [0.15, 0.2) is 0 Å². The minimum atomic E-state index is 0. The standard InChI is InChI=1S/C6H11NO.ClH/c7-5-3-4-1-2-6(5)8-4;/h4-6H,1-3,7H2;1H/t4-,5-,6+;/m0./s1. The van der Waals surface area contributed by atoms with Gasteiger partial charge in [0, 0.05) is 6.04 Å². The van der Waals surface area contributed by atoms with E-state index in [1.807, 2.05) is 0 Å². The molecule has 3 heteroatoms. The summed E-state index contributed by atoms with van der Waals surface area (Å²) in [4.78, 5) is 0. The molecule has 2 saturated heterocycles. The van der Waals surface area contributed by atoms with Crippen molar-refractivity contribution in [2.24, 2.45) is 5.73 Å². The molecule has 54 valence electrons. The second kappa shape index (κ2) is 2.45. The van der Waals surface area contributed by atoms with E-state index in [4.69, 9.17) is 10.5 Å². The lowest BCUT2D eigenvalue weighted by Crippen LogP contribution is -2.30. The maximum Gasteiger partial charge on any atom is 0.0731 e. The van der Waals surface area contributed by atoms with Crippen molar-refractivity contribution in [3.05, 3.63) is 0 Å². The van der Waals surface area contributed by atoms with Crippen molar-refractivity contribution < 1.29 is 4.74 Å². The van der Waals surface area contributed by atoms with Gasteiger partial charge in [0.05, 0.1) is 12.2 Å². The molecule has 0 unspecified atom stereocenters. The summed E-state index contributed by atoms with van der Waals surface area (Å²) < 4.78 is 5.46. The van der Waals surface area contributed by atoms with E-state index in [1.54, 1.807) is 0 Å². The van der Waals surface area contributed by atoms with Crippen LogP contribution < -0.4 is 5.73 Å². The van der Waals surface area contributed by atoms with Crippen LogP contribution in [0.2, 0.25) is 0 Å². The Labute approximate surface area is 61.2 Å². The van der Waals surface area contributed by atoms with Crippen molar-refractivity contribution in [1.29, 1.82) is 0 Å². The number of halogens is 1. The highest BCUT2D eigenvalue weighted by molar-refractivity contribution is 5.85. The lowest BCUT2D eigenvalue weighted by molar-refractivity contribution is 0.101. The Hall–Kier alpha value is 0.210. The number of nitrogens with two attached hydrogens (primary N) is 1. The van der Waals surface area contributed by atoms with Crippen LogP contribution in [0.1, 0.15) is 19.3 Å². The molecule has 9 heavy (non-hydrogen) atoms. The summed E-state index contributed by atoms with van der Waals surface area (Å²) in [6.45, 7) is 0. The molecule has 2 rings (SSSR count). The van der Waals surface area contributed by atoms with Gasteiger partial charge in [-0.3, -0.25) is 0 Å². The van der Waals surface area contributed by atoms with Gasteiger partial charge in [-0.25, -0.2) is 0 Å². The second-order valence-corrected chi connectivity index (χ2v) is 2.77. The highest BCUT2D eigenvalue weighted by atomic mass is 35.5. The van der Waals surface area contributed by atoms with Crippen LogP contribution in [0.25, 0.3) is 0 Å². The summed E-state index contributed by atoms with van der Waals surface area (Å²) in [5, 5.41) is 0. The third-order valence-electron chi connectivity index (χ3n) is 2.15. The first-order valence-corrected chi connectivity index (χ1v) is 3.27. The van der Waals surface area contributed by atoms with Gasteiger partial charge in [-0.05, 0) is 19.3 Å². The number of hydrogen-bond acceptors (Lipinski definition) is 2. The second-order valence-electron chi connectivity index (χ2n) is 2.77. The zero-order valence-corrected chi connectivity index (χ0v) is 6.06. The van der Waals surface area contributed by atoms with Crippen molar-refractivity contribution in [2.75, 3.05) is 0 Å². The fourth-order valence-electron chi connectivity index (χ4n) is 1.68. The molecule has 0 aliphatic carbocycles. The van der Waals surface area contributed by atoms with Gasteiger partial charge in [0.1, 0.15) is 0 Å². The van der Waals surface area contributed by atoms with Gasteiger partial charge in [-0.15, -0.1) is 12.4 Å². The first-order chi connectivity index (χ1) is 3.86. The molecule has 2 aliphatic heterocycles.